The molecule has 0 spiro atoms. The van der Waals surface area contributed by atoms with Crippen molar-refractivity contribution in [2.24, 2.45) is 18.7 Å². The van der Waals surface area contributed by atoms with Crippen LogP contribution in [0.1, 0.15) is 31.5 Å². The van der Waals surface area contributed by atoms with Crippen molar-refractivity contribution >= 4 is 22.8 Å². The molecular weight excluding hydrogens is 330 g/mol. The van der Waals surface area contributed by atoms with Gasteiger partial charge in [-0.2, -0.15) is 5.10 Å². The molecule has 0 radical (unpaired) electrons. The van der Waals surface area contributed by atoms with Gasteiger partial charge in [0.2, 0.25) is 5.91 Å². The Morgan fingerprint density at radius 3 is 2.69 bits per heavy atom. The smallest absolute Gasteiger partial charge is 0.225 e. The molecule has 8 heteroatoms. The lowest BCUT2D eigenvalue weighted by molar-refractivity contribution is -0.137. The van der Waals surface area contributed by atoms with Gasteiger partial charge in [0.15, 0.2) is 5.65 Å². The molecule has 3 heterocycles. The van der Waals surface area contributed by atoms with Gasteiger partial charge in [0, 0.05) is 45.2 Å². The third-order valence-electron chi connectivity index (χ3n) is 5.64. The monoisotopic (exact) mass is 357 g/mol. The highest BCUT2D eigenvalue weighted by Gasteiger charge is 2.31. The van der Waals surface area contributed by atoms with Crippen LogP contribution in [0.25, 0.3) is 11.0 Å². The molecule has 1 aliphatic heterocycles. The lowest BCUT2D eigenvalue weighted by atomic mass is 9.85. The molecule has 4 rings (SSSR count). The summed E-state index contributed by atoms with van der Waals surface area (Å²) in [5.41, 5.74) is 6.91. The summed E-state index contributed by atoms with van der Waals surface area (Å²) in [4.78, 5) is 26.2. The van der Waals surface area contributed by atoms with Crippen LogP contribution in [0, 0.1) is 12.8 Å². The zero-order chi connectivity index (χ0) is 18.3. The van der Waals surface area contributed by atoms with E-state index >= 15 is 0 Å². The fourth-order valence-electron chi connectivity index (χ4n) is 4.20. The van der Waals surface area contributed by atoms with Gasteiger partial charge in [-0.25, -0.2) is 9.97 Å². The molecule has 2 aromatic heterocycles. The van der Waals surface area contributed by atoms with Gasteiger partial charge in [-0.1, -0.05) is 6.42 Å². The van der Waals surface area contributed by atoms with E-state index in [1.807, 2.05) is 25.1 Å². The van der Waals surface area contributed by atoms with Crippen molar-refractivity contribution in [3.8, 4) is 0 Å². The molecule has 0 aromatic carbocycles. The summed E-state index contributed by atoms with van der Waals surface area (Å²) in [6, 6.07) is 0.182. The fraction of sp³-hybridized carbons (Fsp3) is 0.667. The zero-order valence-electron chi connectivity index (χ0n) is 15.6. The molecule has 0 unspecified atom stereocenters. The van der Waals surface area contributed by atoms with Crippen LogP contribution in [0.4, 0.5) is 5.82 Å². The lowest BCUT2D eigenvalue weighted by Gasteiger charge is -2.38. The number of aryl methyl sites for hydroxylation is 2. The largest absolute Gasteiger partial charge is 0.352 e. The average molecular weight is 357 g/mol. The summed E-state index contributed by atoms with van der Waals surface area (Å²) in [5.74, 6) is 2.06. The Labute approximate surface area is 153 Å². The molecule has 1 amide bonds. The second-order valence-corrected chi connectivity index (χ2v) is 7.54. The quantitative estimate of drug-likeness (QED) is 0.856. The summed E-state index contributed by atoms with van der Waals surface area (Å²) < 4.78 is 1.78. The Balaban J connectivity index is 1.46. The van der Waals surface area contributed by atoms with Crippen LogP contribution in [-0.4, -0.2) is 62.8 Å². The van der Waals surface area contributed by atoms with Crippen molar-refractivity contribution in [3.63, 3.8) is 0 Å². The number of hydrogen-bond acceptors (Lipinski definition) is 6. The number of rotatable bonds is 2. The molecule has 2 atom stereocenters. The van der Waals surface area contributed by atoms with Crippen LogP contribution >= 0.6 is 0 Å². The van der Waals surface area contributed by atoms with E-state index in [0.29, 0.717) is 0 Å². The first-order valence-corrected chi connectivity index (χ1v) is 9.48. The van der Waals surface area contributed by atoms with E-state index in [1.165, 1.54) is 0 Å². The van der Waals surface area contributed by atoms with E-state index in [2.05, 4.69) is 20.0 Å². The number of hydrogen-bond donors (Lipinski definition) is 1. The Morgan fingerprint density at radius 2 is 1.96 bits per heavy atom. The molecule has 2 aliphatic rings. The van der Waals surface area contributed by atoms with Crippen molar-refractivity contribution in [2.75, 3.05) is 31.1 Å². The van der Waals surface area contributed by atoms with E-state index in [1.54, 1.807) is 4.68 Å². The molecule has 2 fully saturated rings. The predicted octanol–water partition coefficient (Wildman–Crippen LogP) is 0.838. The van der Waals surface area contributed by atoms with Gasteiger partial charge in [-0.3, -0.25) is 9.48 Å². The average Bonchev–Trinajstić information content (AvgIpc) is 3.01. The number of carbonyl (C=O) groups is 1. The number of amides is 1. The topological polar surface area (TPSA) is 93.2 Å². The van der Waals surface area contributed by atoms with Gasteiger partial charge in [0.1, 0.15) is 11.6 Å². The molecule has 140 valence electrons. The predicted molar refractivity (Wildman–Crippen MR) is 99.8 cm³/mol. The SMILES string of the molecule is Cc1nc(N2CCN(C(=O)[C@@H]3CCC[C@@H](N)C3)CC2)c2cnn(C)c2n1. The van der Waals surface area contributed by atoms with Crippen molar-refractivity contribution in [2.45, 2.75) is 38.6 Å². The van der Waals surface area contributed by atoms with Gasteiger partial charge in [-0.05, 0) is 26.2 Å². The molecule has 1 aliphatic carbocycles. The molecule has 2 aromatic rings. The van der Waals surface area contributed by atoms with Crippen LogP contribution in [0.3, 0.4) is 0 Å². The summed E-state index contributed by atoms with van der Waals surface area (Å²) in [5, 5.41) is 5.28. The van der Waals surface area contributed by atoms with E-state index in [9.17, 15) is 4.79 Å². The molecular formula is C18H27N7O. The van der Waals surface area contributed by atoms with Crippen molar-refractivity contribution < 1.29 is 4.79 Å². The number of anilines is 1. The van der Waals surface area contributed by atoms with Crippen molar-refractivity contribution in [1.29, 1.82) is 0 Å². The fourth-order valence-corrected chi connectivity index (χ4v) is 4.20. The Hall–Kier alpha value is -2.22. The Morgan fingerprint density at radius 1 is 1.19 bits per heavy atom. The first-order chi connectivity index (χ1) is 12.5. The van der Waals surface area contributed by atoms with Crippen LogP contribution in [0.15, 0.2) is 6.20 Å². The van der Waals surface area contributed by atoms with E-state index in [-0.39, 0.29) is 17.9 Å². The minimum absolute atomic E-state index is 0.108. The van der Waals surface area contributed by atoms with Crippen LogP contribution in [-0.2, 0) is 11.8 Å². The van der Waals surface area contributed by atoms with Crippen molar-refractivity contribution in [3.05, 3.63) is 12.0 Å². The van der Waals surface area contributed by atoms with Gasteiger partial charge >= 0.3 is 0 Å². The highest BCUT2D eigenvalue weighted by Crippen LogP contribution is 2.27. The second kappa shape index (κ2) is 6.83. The van der Waals surface area contributed by atoms with E-state index < -0.39 is 0 Å². The normalized spacial score (nSPS) is 24.3. The number of nitrogens with zero attached hydrogens (tertiary/aromatic N) is 6. The first-order valence-electron chi connectivity index (χ1n) is 9.48. The van der Waals surface area contributed by atoms with Gasteiger partial charge in [0.25, 0.3) is 0 Å². The van der Waals surface area contributed by atoms with Crippen LogP contribution in [0.5, 0.6) is 0 Å². The van der Waals surface area contributed by atoms with Crippen LogP contribution in [0.2, 0.25) is 0 Å². The Bertz CT molecular complexity index is 809. The highest BCUT2D eigenvalue weighted by molar-refractivity contribution is 5.87. The van der Waals surface area contributed by atoms with Crippen molar-refractivity contribution in [1.82, 2.24) is 24.6 Å². The zero-order valence-corrected chi connectivity index (χ0v) is 15.6. The number of nitrogens with two attached hydrogens (primary N) is 1. The molecule has 0 bridgehead atoms. The third-order valence-corrected chi connectivity index (χ3v) is 5.64. The number of fused-ring (bicyclic) bond motifs is 1. The molecule has 1 saturated heterocycles. The number of aromatic nitrogens is 4. The minimum Gasteiger partial charge on any atom is -0.352 e. The summed E-state index contributed by atoms with van der Waals surface area (Å²) >= 11 is 0. The molecule has 8 nitrogen and oxygen atoms in total. The van der Waals surface area contributed by atoms with Crippen LogP contribution < -0.4 is 10.6 Å². The molecule has 26 heavy (non-hydrogen) atoms. The van der Waals surface area contributed by atoms with Gasteiger partial charge in [0.05, 0.1) is 11.6 Å². The summed E-state index contributed by atoms with van der Waals surface area (Å²) in [6.07, 6.45) is 5.75. The number of piperazine rings is 1. The van der Waals surface area contributed by atoms with Gasteiger partial charge < -0.3 is 15.5 Å². The molecule has 1 saturated carbocycles. The maximum absolute atomic E-state index is 12.8. The lowest BCUT2D eigenvalue weighted by Crippen LogP contribution is -2.51. The van der Waals surface area contributed by atoms with E-state index in [0.717, 1.165) is 74.5 Å². The molecule has 2 N–H and O–H groups in total. The maximum Gasteiger partial charge on any atom is 0.225 e. The highest BCUT2D eigenvalue weighted by atomic mass is 16.2. The first kappa shape index (κ1) is 17.2. The third kappa shape index (κ3) is 3.13. The number of carbonyl (C=O) groups excluding carboxylic acids is 1. The summed E-state index contributed by atoms with van der Waals surface area (Å²) in [7, 11) is 1.89. The van der Waals surface area contributed by atoms with E-state index in [4.69, 9.17) is 5.73 Å². The van der Waals surface area contributed by atoms with Gasteiger partial charge in [-0.15, -0.1) is 0 Å². The summed E-state index contributed by atoms with van der Waals surface area (Å²) in [6.45, 7) is 4.93. The minimum atomic E-state index is 0.108. The second-order valence-electron chi connectivity index (χ2n) is 7.54. The maximum atomic E-state index is 12.8. The Kier molecular flexibility index (Phi) is 4.52. The standard InChI is InChI=1S/C18H27N7O/c1-12-21-16-15(11-20-23(16)2)17(22-12)24-6-8-25(9-7-24)18(26)13-4-3-5-14(19)10-13/h11,13-14H,3-10,19H2,1-2H3/t13-,14-/m1/s1.